The number of carbonyl (C=O) groups excluding carboxylic acids is 1. The minimum absolute atomic E-state index is 0.114. The van der Waals surface area contributed by atoms with Crippen molar-refractivity contribution in [1.82, 2.24) is 14.9 Å². The van der Waals surface area contributed by atoms with Gasteiger partial charge in [-0.05, 0) is 37.1 Å². The standard InChI is InChI=1S/C20H20FN3O2/c21-16-8-4-1-5-14(16)12-22-19(25)13-9-10-18-17(11-13)23-20(26)24(18)15-6-2-3-7-15/h1,4-5,8-11,15H,2-3,6-7,12H2,(H,22,25)(H,23,26). The van der Waals surface area contributed by atoms with Crippen LogP contribution in [0.2, 0.25) is 0 Å². The number of hydrogen-bond acceptors (Lipinski definition) is 2. The first-order valence-corrected chi connectivity index (χ1v) is 8.89. The van der Waals surface area contributed by atoms with Crippen LogP contribution in [-0.4, -0.2) is 15.5 Å². The third kappa shape index (κ3) is 3.03. The van der Waals surface area contributed by atoms with E-state index in [9.17, 15) is 14.0 Å². The molecule has 1 amide bonds. The van der Waals surface area contributed by atoms with Crippen LogP contribution in [0.5, 0.6) is 0 Å². The number of fused-ring (bicyclic) bond motifs is 1. The van der Waals surface area contributed by atoms with Crippen LogP contribution in [0.25, 0.3) is 11.0 Å². The van der Waals surface area contributed by atoms with Crippen LogP contribution in [-0.2, 0) is 6.54 Å². The lowest BCUT2D eigenvalue weighted by molar-refractivity contribution is 0.0950. The lowest BCUT2D eigenvalue weighted by Crippen LogP contribution is -2.23. The van der Waals surface area contributed by atoms with E-state index < -0.39 is 0 Å². The molecule has 0 saturated heterocycles. The zero-order chi connectivity index (χ0) is 18.1. The van der Waals surface area contributed by atoms with Gasteiger partial charge in [-0.2, -0.15) is 0 Å². The Morgan fingerprint density at radius 1 is 1.19 bits per heavy atom. The maximum atomic E-state index is 13.7. The van der Waals surface area contributed by atoms with Crippen LogP contribution in [0, 0.1) is 5.82 Å². The molecule has 1 saturated carbocycles. The van der Waals surface area contributed by atoms with E-state index in [4.69, 9.17) is 0 Å². The van der Waals surface area contributed by atoms with Gasteiger partial charge in [-0.1, -0.05) is 31.0 Å². The number of nitrogens with zero attached hydrogens (tertiary/aromatic N) is 1. The first kappa shape index (κ1) is 16.6. The molecule has 0 atom stereocenters. The summed E-state index contributed by atoms with van der Waals surface area (Å²) in [4.78, 5) is 27.6. The summed E-state index contributed by atoms with van der Waals surface area (Å²) in [7, 11) is 0. The molecule has 6 heteroatoms. The molecule has 1 aromatic heterocycles. The molecule has 1 aliphatic rings. The van der Waals surface area contributed by atoms with Crippen LogP contribution in [0.15, 0.2) is 47.3 Å². The number of nitrogens with one attached hydrogen (secondary N) is 2. The van der Waals surface area contributed by atoms with E-state index in [-0.39, 0.29) is 30.0 Å². The van der Waals surface area contributed by atoms with Gasteiger partial charge in [0, 0.05) is 23.7 Å². The number of rotatable bonds is 4. The molecule has 1 aliphatic carbocycles. The highest BCUT2D eigenvalue weighted by Crippen LogP contribution is 2.30. The van der Waals surface area contributed by atoms with E-state index in [1.807, 2.05) is 10.6 Å². The highest BCUT2D eigenvalue weighted by atomic mass is 19.1. The Kier molecular flexibility index (Phi) is 4.32. The van der Waals surface area contributed by atoms with Gasteiger partial charge in [0.25, 0.3) is 5.91 Å². The molecule has 0 unspecified atom stereocenters. The molecule has 26 heavy (non-hydrogen) atoms. The van der Waals surface area contributed by atoms with Crippen molar-refractivity contribution in [3.63, 3.8) is 0 Å². The number of amides is 1. The maximum Gasteiger partial charge on any atom is 0.326 e. The molecule has 5 nitrogen and oxygen atoms in total. The number of halogens is 1. The van der Waals surface area contributed by atoms with E-state index in [1.165, 1.54) is 6.07 Å². The average molecular weight is 353 g/mol. The zero-order valence-electron chi connectivity index (χ0n) is 14.3. The van der Waals surface area contributed by atoms with Gasteiger partial charge >= 0.3 is 5.69 Å². The molecule has 2 N–H and O–H groups in total. The van der Waals surface area contributed by atoms with Crippen molar-refractivity contribution in [2.45, 2.75) is 38.3 Å². The molecule has 0 bridgehead atoms. The zero-order valence-corrected chi connectivity index (χ0v) is 14.3. The van der Waals surface area contributed by atoms with Crippen LogP contribution < -0.4 is 11.0 Å². The Bertz CT molecular complexity index is 1020. The van der Waals surface area contributed by atoms with E-state index in [0.29, 0.717) is 16.6 Å². The molecule has 0 aliphatic heterocycles. The number of aromatic nitrogens is 2. The molecule has 4 rings (SSSR count). The van der Waals surface area contributed by atoms with Crippen molar-refractivity contribution in [1.29, 1.82) is 0 Å². The number of hydrogen-bond donors (Lipinski definition) is 2. The first-order valence-electron chi connectivity index (χ1n) is 8.89. The molecule has 1 fully saturated rings. The number of H-pyrrole nitrogens is 1. The van der Waals surface area contributed by atoms with Gasteiger partial charge in [-0.3, -0.25) is 9.36 Å². The highest BCUT2D eigenvalue weighted by molar-refractivity contribution is 5.97. The monoisotopic (exact) mass is 353 g/mol. The Hall–Kier alpha value is -2.89. The first-order chi connectivity index (χ1) is 12.6. The van der Waals surface area contributed by atoms with Gasteiger partial charge in [0.1, 0.15) is 5.82 Å². The fourth-order valence-electron chi connectivity index (χ4n) is 3.72. The predicted octanol–water partition coefficient (Wildman–Crippen LogP) is 3.51. The molecule has 2 aromatic carbocycles. The number of benzene rings is 2. The average Bonchev–Trinajstić information content (AvgIpc) is 3.26. The summed E-state index contributed by atoms with van der Waals surface area (Å²) < 4.78 is 15.5. The second-order valence-electron chi connectivity index (χ2n) is 6.74. The third-order valence-corrected chi connectivity index (χ3v) is 5.07. The van der Waals surface area contributed by atoms with Gasteiger partial charge in [0.2, 0.25) is 0 Å². The van der Waals surface area contributed by atoms with Gasteiger partial charge < -0.3 is 10.3 Å². The van der Waals surface area contributed by atoms with Gasteiger partial charge in [-0.25, -0.2) is 9.18 Å². The lowest BCUT2D eigenvalue weighted by Gasteiger charge is -2.11. The second-order valence-corrected chi connectivity index (χ2v) is 6.74. The summed E-state index contributed by atoms with van der Waals surface area (Å²) in [5.74, 6) is -0.647. The fourth-order valence-corrected chi connectivity index (χ4v) is 3.72. The van der Waals surface area contributed by atoms with Crippen molar-refractivity contribution in [2.24, 2.45) is 0 Å². The summed E-state index contributed by atoms with van der Waals surface area (Å²) in [6.07, 6.45) is 4.30. The molecular formula is C20H20FN3O2. The highest BCUT2D eigenvalue weighted by Gasteiger charge is 2.21. The smallest absolute Gasteiger partial charge is 0.326 e. The topological polar surface area (TPSA) is 66.9 Å². The molecule has 1 heterocycles. The summed E-state index contributed by atoms with van der Waals surface area (Å²) >= 11 is 0. The molecule has 3 aromatic rings. The maximum absolute atomic E-state index is 13.7. The largest absolute Gasteiger partial charge is 0.348 e. The van der Waals surface area contributed by atoms with Crippen molar-refractivity contribution >= 4 is 16.9 Å². The van der Waals surface area contributed by atoms with Crippen LogP contribution in [0.4, 0.5) is 4.39 Å². The number of aromatic amines is 1. The van der Waals surface area contributed by atoms with Crippen LogP contribution >= 0.6 is 0 Å². The van der Waals surface area contributed by atoms with Gasteiger partial charge in [-0.15, -0.1) is 0 Å². The van der Waals surface area contributed by atoms with E-state index in [2.05, 4.69) is 10.3 Å². The Labute approximate surface area is 149 Å². The Morgan fingerprint density at radius 3 is 2.73 bits per heavy atom. The van der Waals surface area contributed by atoms with E-state index >= 15 is 0 Å². The summed E-state index contributed by atoms with van der Waals surface area (Å²) in [5, 5.41) is 2.72. The van der Waals surface area contributed by atoms with E-state index in [0.717, 1.165) is 31.2 Å². The van der Waals surface area contributed by atoms with Crippen molar-refractivity contribution in [2.75, 3.05) is 0 Å². The quantitative estimate of drug-likeness (QED) is 0.754. The van der Waals surface area contributed by atoms with Gasteiger partial charge in [0.05, 0.1) is 11.0 Å². The summed E-state index contributed by atoms with van der Waals surface area (Å²) in [6.45, 7) is 0.114. The minimum atomic E-state index is -0.346. The molecular weight excluding hydrogens is 333 g/mol. The predicted molar refractivity (Wildman–Crippen MR) is 97.6 cm³/mol. The Balaban J connectivity index is 1.56. The lowest BCUT2D eigenvalue weighted by atomic mass is 10.1. The van der Waals surface area contributed by atoms with Crippen LogP contribution in [0.1, 0.15) is 47.6 Å². The summed E-state index contributed by atoms with van der Waals surface area (Å²) in [6, 6.07) is 11.8. The van der Waals surface area contributed by atoms with Crippen molar-refractivity contribution in [3.8, 4) is 0 Å². The number of carbonyl (C=O) groups is 1. The molecule has 0 radical (unpaired) electrons. The Morgan fingerprint density at radius 2 is 1.96 bits per heavy atom. The van der Waals surface area contributed by atoms with Crippen LogP contribution in [0.3, 0.4) is 0 Å². The minimum Gasteiger partial charge on any atom is -0.348 e. The van der Waals surface area contributed by atoms with E-state index in [1.54, 1.807) is 30.3 Å². The fraction of sp³-hybridized carbons (Fsp3) is 0.300. The van der Waals surface area contributed by atoms with Crippen molar-refractivity contribution < 1.29 is 9.18 Å². The normalized spacial score (nSPS) is 14.8. The second kappa shape index (κ2) is 6.78. The molecule has 0 spiro atoms. The van der Waals surface area contributed by atoms with Crippen molar-refractivity contribution in [3.05, 3.63) is 69.9 Å². The van der Waals surface area contributed by atoms with Gasteiger partial charge in [0.15, 0.2) is 0 Å². The summed E-state index contributed by atoms with van der Waals surface area (Å²) in [5.41, 5.74) is 2.22. The molecule has 134 valence electrons. The third-order valence-electron chi connectivity index (χ3n) is 5.07. The SMILES string of the molecule is O=C(NCc1ccccc1F)c1ccc2c(c1)[nH]c(=O)n2C1CCCC1. The number of imidazole rings is 1.